The van der Waals surface area contributed by atoms with Crippen molar-refractivity contribution >= 4 is 45.8 Å². The van der Waals surface area contributed by atoms with Gasteiger partial charge in [0.1, 0.15) is 0 Å². The maximum absolute atomic E-state index is 4.79. The first-order valence-electron chi connectivity index (χ1n) is 10.2. The van der Waals surface area contributed by atoms with Gasteiger partial charge in [-0.2, -0.15) is 0 Å². The topological polar surface area (TPSA) is 12.9 Å². The molecule has 0 aliphatic heterocycles. The molecule has 1 aromatic heterocycles. The maximum atomic E-state index is 4.79. The molecule has 0 N–H and O–H groups in total. The zero-order chi connectivity index (χ0) is 20.2. The quantitative estimate of drug-likeness (QED) is 0.309. The highest BCUT2D eigenvalue weighted by Crippen LogP contribution is 2.22. The highest BCUT2D eigenvalue weighted by atomic mass is 14.7. The zero-order valence-corrected chi connectivity index (χ0v) is 16.6. The second-order valence-corrected chi connectivity index (χ2v) is 7.29. The van der Waals surface area contributed by atoms with Gasteiger partial charge in [-0.05, 0) is 57.0 Å². The number of hydrogen-bond acceptors (Lipinski definition) is 1. The largest absolute Gasteiger partial charge is 0.249 e. The third kappa shape index (κ3) is 3.78. The molecule has 0 fully saturated rings. The summed E-state index contributed by atoms with van der Waals surface area (Å²) in [6.45, 7) is 0. The van der Waals surface area contributed by atoms with Crippen LogP contribution in [0.1, 0.15) is 22.5 Å². The van der Waals surface area contributed by atoms with Gasteiger partial charge in [0.15, 0.2) is 0 Å². The summed E-state index contributed by atoms with van der Waals surface area (Å²) in [6, 6.07) is 35.8. The number of rotatable bonds is 4. The molecule has 5 aromatic rings. The van der Waals surface area contributed by atoms with Crippen molar-refractivity contribution in [3.8, 4) is 0 Å². The molecule has 0 saturated heterocycles. The summed E-state index contributed by atoms with van der Waals surface area (Å²) in [5, 5.41) is 5.00. The molecule has 0 bridgehead atoms. The molecule has 30 heavy (non-hydrogen) atoms. The fourth-order valence-electron chi connectivity index (χ4n) is 3.80. The monoisotopic (exact) mass is 383 g/mol. The van der Waals surface area contributed by atoms with Gasteiger partial charge < -0.3 is 0 Å². The van der Waals surface area contributed by atoms with E-state index in [9.17, 15) is 0 Å². The van der Waals surface area contributed by atoms with E-state index in [0.717, 1.165) is 11.4 Å². The predicted octanol–water partition coefficient (Wildman–Crippen LogP) is 7.73. The predicted molar refractivity (Wildman–Crippen MR) is 130 cm³/mol. The summed E-state index contributed by atoms with van der Waals surface area (Å²) >= 11 is 0. The Morgan fingerprint density at radius 2 is 0.833 bits per heavy atom. The number of hydrogen-bond donors (Lipinski definition) is 0. The van der Waals surface area contributed by atoms with Crippen molar-refractivity contribution in [1.29, 1.82) is 0 Å². The molecule has 0 aliphatic carbocycles. The Morgan fingerprint density at radius 3 is 1.37 bits per heavy atom. The van der Waals surface area contributed by atoms with Crippen LogP contribution in [-0.2, 0) is 0 Å². The SMILES string of the molecule is C(=Cc1cccc2ccccc12)c1cccc(C=Cc2cccc3ccccc23)n1. The molecule has 5 rings (SSSR count). The smallest absolute Gasteiger partial charge is 0.0637 e. The molecule has 0 atom stereocenters. The van der Waals surface area contributed by atoms with Crippen molar-refractivity contribution in [2.75, 3.05) is 0 Å². The number of benzene rings is 4. The van der Waals surface area contributed by atoms with Crippen molar-refractivity contribution in [1.82, 2.24) is 4.98 Å². The lowest BCUT2D eigenvalue weighted by Crippen LogP contribution is -1.85. The van der Waals surface area contributed by atoms with Gasteiger partial charge in [0.25, 0.3) is 0 Å². The van der Waals surface area contributed by atoms with E-state index in [-0.39, 0.29) is 0 Å². The van der Waals surface area contributed by atoms with Crippen molar-refractivity contribution in [2.24, 2.45) is 0 Å². The van der Waals surface area contributed by atoms with Crippen LogP contribution in [0.5, 0.6) is 0 Å². The summed E-state index contributed by atoms with van der Waals surface area (Å²) in [7, 11) is 0. The molecular formula is C29H21N. The molecule has 1 heteroatoms. The van der Waals surface area contributed by atoms with E-state index in [2.05, 4.69) is 115 Å². The van der Waals surface area contributed by atoms with Crippen LogP contribution in [-0.4, -0.2) is 4.98 Å². The first-order chi connectivity index (χ1) is 14.9. The lowest BCUT2D eigenvalue weighted by Gasteiger charge is -2.03. The normalized spacial score (nSPS) is 11.7. The fourth-order valence-corrected chi connectivity index (χ4v) is 3.80. The Kier molecular flexibility index (Phi) is 4.93. The van der Waals surface area contributed by atoms with E-state index in [1.807, 2.05) is 12.1 Å². The van der Waals surface area contributed by atoms with E-state index < -0.39 is 0 Å². The molecule has 0 amide bonds. The van der Waals surface area contributed by atoms with E-state index >= 15 is 0 Å². The first-order valence-corrected chi connectivity index (χ1v) is 10.2. The Hall–Kier alpha value is -3.97. The third-order valence-electron chi connectivity index (χ3n) is 5.31. The van der Waals surface area contributed by atoms with Gasteiger partial charge in [-0.1, -0.05) is 103 Å². The molecule has 0 unspecified atom stereocenters. The minimum atomic E-state index is 0.947. The number of fused-ring (bicyclic) bond motifs is 2. The van der Waals surface area contributed by atoms with Crippen LogP contribution in [0.2, 0.25) is 0 Å². The Morgan fingerprint density at radius 1 is 0.400 bits per heavy atom. The molecule has 0 aliphatic rings. The lowest BCUT2D eigenvalue weighted by molar-refractivity contribution is 1.27. The van der Waals surface area contributed by atoms with Crippen LogP contribution in [0.25, 0.3) is 45.8 Å². The Balaban J connectivity index is 1.43. The summed E-state index contributed by atoms with van der Waals surface area (Å²) < 4.78 is 0. The second kappa shape index (κ2) is 8.18. The highest BCUT2D eigenvalue weighted by Gasteiger charge is 1.99. The van der Waals surface area contributed by atoms with Crippen LogP contribution in [0.15, 0.2) is 103 Å². The van der Waals surface area contributed by atoms with Gasteiger partial charge in [-0.25, -0.2) is 4.98 Å². The van der Waals surface area contributed by atoms with Gasteiger partial charge in [-0.3, -0.25) is 0 Å². The fraction of sp³-hybridized carbons (Fsp3) is 0. The Bertz CT molecular complexity index is 1280. The van der Waals surface area contributed by atoms with Gasteiger partial charge >= 0.3 is 0 Å². The molecular weight excluding hydrogens is 362 g/mol. The molecule has 1 nitrogen and oxygen atoms in total. The standard InChI is InChI=1S/C29H21N/c1-3-16-28-22(8-1)10-5-12-24(28)18-20-26-14-7-15-27(30-26)21-19-25-13-6-11-23-9-2-4-17-29(23)25/h1-21H. The number of aromatic nitrogens is 1. The van der Waals surface area contributed by atoms with Gasteiger partial charge in [0.05, 0.1) is 11.4 Å². The van der Waals surface area contributed by atoms with E-state index in [0.29, 0.717) is 0 Å². The molecule has 142 valence electrons. The van der Waals surface area contributed by atoms with Gasteiger partial charge in [0.2, 0.25) is 0 Å². The lowest BCUT2D eigenvalue weighted by atomic mass is 10.0. The summed E-state index contributed by atoms with van der Waals surface area (Å²) in [5.74, 6) is 0. The second-order valence-electron chi connectivity index (χ2n) is 7.29. The Labute approximate surface area is 176 Å². The maximum Gasteiger partial charge on any atom is 0.0637 e. The molecule has 4 aromatic carbocycles. The average molecular weight is 383 g/mol. The van der Waals surface area contributed by atoms with Crippen LogP contribution < -0.4 is 0 Å². The molecule has 0 spiro atoms. The summed E-state index contributed by atoms with van der Waals surface area (Å²) in [6.07, 6.45) is 8.44. The molecule has 0 saturated carbocycles. The van der Waals surface area contributed by atoms with Gasteiger partial charge in [-0.15, -0.1) is 0 Å². The van der Waals surface area contributed by atoms with Crippen molar-refractivity contribution in [3.63, 3.8) is 0 Å². The highest BCUT2D eigenvalue weighted by molar-refractivity contribution is 5.93. The van der Waals surface area contributed by atoms with E-state index in [1.54, 1.807) is 0 Å². The minimum absolute atomic E-state index is 0.947. The average Bonchev–Trinajstić information content (AvgIpc) is 2.81. The van der Waals surface area contributed by atoms with Crippen LogP contribution in [0.3, 0.4) is 0 Å². The van der Waals surface area contributed by atoms with Crippen LogP contribution >= 0.6 is 0 Å². The van der Waals surface area contributed by atoms with Crippen LogP contribution in [0.4, 0.5) is 0 Å². The van der Waals surface area contributed by atoms with Gasteiger partial charge in [0, 0.05) is 0 Å². The summed E-state index contributed by atoms with van der Waals surface area (Å²) in [5.41, 5.74) is 4.30. The van der Waals surface area contributed by atoms with Crippen molar-refractivity contribution in [2.45, 2.75) is 0 Å². The molecule has 1 heterocycles. The number of nitrogens with zero attached hydrogens (tertiary/aromatic N) is 1. The minimum Gasteiger partial charge on any atom is -0.249 e. The van der Waals surface area contributed by atoms with Crippen molar-refractivity contribution < 1.29 is 0 Å². The van der Waals surface area contributed by atoms with Crippen LogP contribution in [0, 0.1) is 0 Å². The van der Waals surface area contributed by atoms with E-state index in [1.165, 1.54) is 32.7 Å². The number of pyridine rings is 1. The first kappa shape index (κ1) is 18.1. The zero-order valence-electron chi connectivity index (χ0n) is 16.6. The third-order valence-corrected chi connectivity index (χ3v) is 5.31. The summed E-state index contributed by atoms with van der Waals surface area (Å²) in [4.78, 5) is 4.79. The molecule has 0 radical (unpaired) electrons. The van der Waals surface area contributed by atoms with E-state index in [4.69, 9.17) is 4.98 Å². The van der Waals surface area contributed by atoms with Crippen molar-refractivity contribution in [3.05, 3.63) is 126 Å².